The summed E-state index contributed by atoms with van der Waals surface area (Å²) < 4.78 is 0. The van der Waals surface area contributed by atoms with Gasteiger partial charge in [0.25, 0.3) is 5.91 Å². The number of amides is 2. The van der Waals surface area contributed by atoms with Crippen molar-refractivity contribution in [1.29, 1.82) is 0 Å². The molecule has 0 spiro atoms. The molecule has 90 valence electrons. The van der Waals surface area contributed by atoms with Gasteiger partial charge in [-0.15, -0.1) is 0 Å². The topological polar surface area (TPSA) is 91.0 Å². The van der Waals surface area contributed by atoms with Crippen molar-refractivity contribution in [2.75, 3.05) is 13.1 Å². The molecule has 3 rings (SSSR count). The first-order valence-corrected chi connectivity index (χ1v) is 5.72. The average molecular weight is 235 g/mol. The lowest BCUT2D eigenvalue weighted by atomic mass is 9.91. The number of hydrogen-bond donors (Lipinski definition) is 2. The fourth-order valence-corrected chi connectivity index (χ4v) is 2.66. The third-order valence-corrected chi connectivity index (χ3v) is 3.50. The maximum absolute atomic E-state index is 12.2. The van der Waals surface area contributed by atoms with Crippen molar-refractivity contribution in [2.45, 2.75) is 18.9 Å². The molecule has 2 saturated heterocycles. The van der Waals surface area contributed by atoms with E-state index in [1.807, 2.05) is 0 Å². The molecule has 17 heavy (non-hydrogen) atoms. The van der Waals surface area contributed by atoms with Crippen molar-refractivity contribution in [2.24, 2.45) is 5.92 Å². The minimum absolute atomic E-state index is 0.0274. The van der Waals surface area contributed by atoms with Gasteiger partial charge in [-0.25, -0.2) is 0 Å². The Morgan fingerprint density at radius 3 is 3.18 bits per heavy atom. The Bertz CT molecular complexity index is 444. The molecule has 7 nitrogen and oxygen atoms in total. The number of piperidine rings is 1. The molecule has 3 heterocycles. The van der Waals surface area contributed by atoms with Crippen molar-refractivity contribution in [3.63, 3.8) is 0 Å². The van der Waals surface area contributed by atoms with Crippen molar-refractivity contribution in [3.8, 4) is 0 Å². The van der Waals surface area contributed by atoms with E-state index in [0.29, 0.717) is 18.8 Å². The Morgan fingerprint density at radius 2 is 2.41 bits per heavy atom. The van der Waals surface area contributed by atoms with E-state index in [1.54, 1.807) is 4.90 Å². The van der Waals surface area contributed by atoms with Crippen molar-refractivity contribution >= 4 is 11.8 Å². The fourth-order valence-electron chi connectivity index (χ4n) is 2.66. The van der Waals surface area contributed by atoms with Gasteiger partial charge >= 0.3 is 0 Å². The van der Waals surface area contributed by atoms with Crippen LogP contribution in [0.15, 0.2) is 6.20 Å². The molecule has 1 aromatic rings. The SMILES string of the molecule is O=C1NCC2C1CCCN2C(=O)c1cn[nH]n1. The first-order chi connectivity index (χ1) is 8.27. The number of likely N-dealkylation sites (tertiary alicyclic amines) is 1. The molecule has 2 aliphatic heterocycles. The van der Waals surface area contributed by atoms with Gasteiger partial charge in [0, 0.05) is 13.1 Å². The van der Waals surface area contributed by atoms with Crippen LogP contribution in [0.5, 0.6) is 0 Å². The summed E-state index contributed by atoms with van der Waals surface area (Å²) in [5.74, 6) is -0.141. The molecule has 0 saturated carbocycles. The van der Waals surface area contributed by atoms with E-state index in [9.17, 15) is 9.59 Å². The second-order valence-electron chi connectivity index (χ2n) is 4.42. The van der Waals surface area contributed by atoms with Gasteiger partial charge in [-0.1, -0.05) is 0 Å². The molecule has 7 heteroatoms. The van der Waals surface area contributed by atoms with E-state index >= 15 is 0 Å². The highest BCUT2D eigenvalue weighted by Crippen LogP contribution is 2.28. The molecule has 0 bridgehead atoms. The average Bonchev–Trinajstić information content (AvgIpc) is 2.98. The fraction of sp³-hybridized carbons (Fsp3) is 0.600. The van der Waals surface area contributed by atoms with Gasteiger partial charge in [0.05, 0.1) is 18.2 Å². The number of aromatic nitrogens is 3. The number of nitrogens with one attached hydrogen (secondary N) is 2. The van der Waals surface area contributed by atoms with Gasteiger partial charge in [0.2, 0.25) is 5.91 Å². The Labute approximate surface area is 97.6 Å². The van der Waals surface area contributed by atoms with Crippen LogP contribution in [0, 0.1) is 5.92 Å². The predicted molar refractivity (Wildman–Crippen MR) is 56.9 cm³/mol. The maximum atomic E-state index is 12.2. The number of carbonyl (C=O) groups excluding carboxylic acids is 2. The maximum Gasteiger partial charge on any atom is 0.276 e. The first-order valence-electron chi connectivity index (χ1n) is 5.72. The van der Waals surface area contributed by atoms with Crippen molar-refractivity contribution in [3.05, 3.63) is 11.9 Å². The van der Waals surface area contributed by atoms with Crippen LogP contribution in [0.4, 0.5) is 0 Å². The zero-order valence-corrected chi connectivity index (χ0v) is 9.22. The lowest BCUT2D eigenvalue weighted by Gasteiger charge is -2.35. The van der Waals surface area contributed by atoms with Crippen LogP contribution >= 0.6 is 0 Å². The Balaban J connectivity index is 1.83. The van der Waals surface area contributed by atoms with Gasteiger partial charge in [-0.3, -0.25) is 9.59 Å². The number of carbonyl (C=O) groups is 2. The van der Waals surface area contributed by atoms with E-state index < -0.39 is 0 Å². The second kappa shape index (κ2) is 3.83. The molecule has 2 unspecified atom stereocenters. The zero-order valence-electron chi connectivity index (χ0n) is 9.22. The van der Waals surface area contributed by atoms with E-state index in [4.69, 9.17) is 0 Å². The molecule has 2 fully saturated rings. The van der Waals surface area contributed by atoms with Crippen LogP contribution in [-0.2, 0) is 4.79 Å². The van der Waals surface area contributed by atoms with Gasteiger partial charge < -0.3 is 10.2 Å². The van der Waals surface area contributed by atoms with Crippen LogP contribution in [0.3, 0.4) is 0 Å². The highest BCUT2D eigenvalue weighted by atomic mass is 16.2. The third kappa shape index (κ3) is 1.58. The highest BCUT2D eigenvalue weighted by Gasteiger charge is 2.43. The molecule has 1 aromatic heterocycles. The number of fused-ring (bicyclic) bond motifs is 1. The quantitative estimate of drug-likeness (QED) is 0.663. The predicted octanol–water partition coefficient (Wildman–Crippen LogP) is -0.845. The summed E-state index contributed by atoms with van der Waals surface area (Å²) in [6, 6.07) is -0.0274. The largest absolute Gasteiger partial charge is 0.354 e. The number of nitrogens with zero attached hydrogens (tertiary/aromatic N) is 3. The zero-order chi connectivity index (χ0) is 11.8. The van der Waals surface area contributed by atoms with Crippen LogP contribution in [-0.4, -0.2) is 51.3 Å². The minimum Gasteiger partial charge on any atom is -0.354 e. The molecule has 2 atom stereocenters. The smallest absolute Gasteiger partial charge is 0.276 e. The van der Waals surface area contributed by atoms with E-state index in [-0.39, 0.29) is 23.8 Å². The molecule has 0 radical (unpaired) electrons. The second-order valence-corrected chi connectivity index (χ2v) is 4.42. The first kappa shape index (κ1) is 10.2. The lowest BCUT2D eigenvalue weighted by molar-refractivity contribution is -0.123. The summed E-state index contributed by atoms with van der Waals surface area (Å²) in [6.45, 7) is 1.23. The lowest BCUT2D eigenvalue weighted by Crippen LogP contribution is -2.48. The summed E-state index contributed by atoms with van der Waals surface area (Å²) in [7, 11) is 0. The standard InChI is InChI=1S/C10H13N5O2/c16-9-6-2-1-3-15(8(6)5-11-9)10(17)7-4-12-14-13-7/h4,6,8H,1-3,5H2,(H,11,16)(H,12,13,14). The summed E-state index contributed by atoms with van der Waals surface area (Å²) in [5.41, 5.74) is 0.310. The van der Waals surface area contributed by atoms with Crippen LogP contribution in [0.1, 0.15) is 23.3 Å². The molecule has 2 aliphatic rings. The molecule has 2 N–H and O–H groups in total. The van der Waals surface area contributed by atoms with Gasteiger partial charge in [0.1, 0.15) is 0 Å². The van der Waals surface area contributed by atoms with Crippen molar-refractivity contribution < 1.29 is 9.59 Å². The molecule has 0 aliphatic carbocycles. The molecule has 0 aromatic carbocycles. The molecule has 2 amide bonds. The number of aromatic amines is 1. The van der Waals surface area contributed by atoms with Gasteiger partial charge in [-0.05, 0) is 12.8 Å². The van der Waals surface area contributed by atoms with Crippen molar-refractivity contribution in [1.82, 2.24) is 25.6 Å². The number of rotatable bonds is 1. The summed E-state index contributed by atoms with van der Waals surface area (Å²) in [6.07, 6.45) is 3.13. The van der Waals surface area contributed by atoms with E-state index in [2.05, 4.69) is 20.7 Å². The number of hydrogen-bond acceptors (Lipinski definition) is 4. The van der Waals surface area contributed by atoms with Gasteiger partial charge in [-0.2, -0.15) is 15.4 Å². The Hall–Kier alpha value is -1.92. The normalized spacial score (nSPS) is 27.8. The van der Waals surface area contributed by atoms with Crippen LogP contribution < -0.4 is 5.32 Å². The molecular formula is C10H13N5O2. The summed E-state index contributed by atoms with van der Waals surface area (Å²) in [4.78, 5) is 25.5. The van der Waals surface area contributed by atoms with Crippen LogP contribution in [0.25, 0.3) is 0 Å². The van der Waals surface area contributed by atoms with Gasteiger partial charge in [0.15, 0.2) is 5.69 Å². The number of H-pyrrole nitrogens is 1. The third-order valence-electron chi connectivity index (χ3n) is 3.50. The van der Waals surface area contributed by atoms with Crippen LogP contribution in [0.2, 0.25) is 0 Å². The minimum atomic E-state index is -0.148. The monoisotopic (exact) mass is 235 g/mol. The summed E-state index contributed by atoms with van der Waals surface area (Å²) in [5, 5.41) is 12.7. The highest BCUT2D eigenvalue weighted by molar-refractivity contribution is 5.93. The van der Waals surface area contributed by atoms with E-state index in [1.165, 1.54) is 6.20 Å². The molecular weight excluding hydrogens is 222 g/mol. The Morgan fingerprint density at radius 1 is 1.53 bits per heavy atom. The van der Waals surface area contributed by atoms with E-state index in [0.717, 1.165) is 12.8 Å². The Kier molecular flexibility index (Phi) is 2.31. The summed E-state index contributed by atoms with van der Waals surface area (Å²) >= 11 is 0.